The van der Waals surface area contributed by atoms with E-state index in [-0.39, 0.29) is 11.9 Å². The maximum Gasteiger partial charge on any atom is 0.157 e. The number of thioether (sulfide) groups is 1. The summed E-state index contributed by atoms with van der Waals surface area (Å²) in [7, 11) is 0. The van der Waals surface area contributed by atoms with Crippen LogP contribution in [0.25, 0.3) is 0 Å². The van der Waals surface area contributed by atoms with Crippen LogP contribution in [-0.2, 0) is 0 Å². The zero-order valence-corrected chi connectivity index (χ0v) is 11.9. The van der Waals surface area contributed by atoms with Gasteiger partial charge in [0.25, 0.3) is 0 Å². The molecule has 2 nitrogen and oxygen atoms in total. The lowest BCUT2D eigenvalue weighted by Gasteiger charge is -2.25. The molecule has 0 aromatic heterocycles. The molecule has 1 saturated carbocycles. The quantitative estimate of drug-likeness (QED) is 0.891. The Morgan fingerprint density at radius 2 is 2.21 bits per heavy atom. The molecule has 0 bridgehead atoms. The first-order chi connectivity index (χ1) is 9.24. The average Bonchev–Trinajstić information content (AvgIpc) is 2.86. The number of nitrogens with zero attached hydrogens (tertiary/aromatic N) is 1. The summed E-state index contributed by atoms with van der Waals surface area (Å²) in [6.45, 7) is 1.99. The molecule has 1 aliphatic carbocycles. The lowest BCUT2D eigenvalue weighted by molar-refractivity contribution is 0.529. The molecule has 1 aliphatic heterocycles. The summed E-state index contributed by atoms with van der Waals surface area (Å²) in [5, 5.41) is 4.35. The second-order valence-electron chi connectivity index (χ2n) is 5.39. The minimum absolute atomic E-state index is 0.0367. The number of rotatable bonds is 2. The van der Waals surface area contributed by atoms with Crippen LogP contribution in [0, 0.1) is 11.7 Å². The molecule has 19 heavy (non-hydrogen) atoms. The molecule has 0 amide bonds. The molecule has 0 saturated heterocycles. The number of fused-ring (bicyclic) bond motifs is 1. The van der Waals surface area contributed by atoms with Crippen molar-refractivity contribution >= 4 is 16.9 Å². The first kappa shape index (κ1) is 13.0. The Labute approximate surface area is 117 Å². The Morgan fingerprint density at radius 1 is 1.37 bits per heavy atom. The second kappa shape index (κ2) is 5.53. The number of amidine groups is 1. The minimum atomic E-state index is -0.150. The molecule has 0 radical (unpaired) electrons. The Bertz CT molecular complexity index is 489. The first-order valence-corrected chi connectivity index (χ1v) is 7.94. The van der Waals surface area contributed by atoms with Crippen LogP contribution in [0.1, 0.15) is 37.8 Å². The number of aliphatic imine (C=N–C) groups is 1. The van der Waals surface area contributed by atoms with Gasteiger partial charge in [-0.1, -0.05) is 36.4 Å². The van der Waals surface area contributed by atoms with Crippen molar-refractivity contribution < 1.29 is 4.39 Å². The summed E-state index contributed by atoms with van der Waals surface area (Å²) < 4.78 is 13.7. The van der Waals surface area contributed by atoms with Crippen molar-refractivity contribution in [1.82, 2.24) is 5.32 Å². The third-order valence-corrected chi connectivity index (χ3v) is 5.14. The largest absolute Gasteiger partial charge is 0.358 e. The number of hydrogen-bond acceptors (Lipinski definition) is 3. The third kappa shape index (κ3) is 2.78. The van der Waals surface area contributed by atoms with Gasteiger partial charge in [0.2, 0.25) is 0 Å². The van der Waals surface area contributed by atoms with Crippen LogP contribution in [0.15, 0.2) is 29.3 Å². The van der Waals surface area contributed by atoms with E-state index in [0.717, 1.165) is 16.8 Å². The molecule has 3 unspecified atom stereocenters. The molecule has 1 N–H and O–H groups in total. The highest BCUT2D eigenvalue weighted by molar-refractivity contribution is 8.13. The average molecular weight is 278 g/mol. The fourth-order valence-corrected chi connectivity index (χ4v) is 4.15. The van der Waals surface area contributed by atoms with Gasteiger partial charge in [-0.05, 0) is 31.7 Å². The van der Waals surface area contributed by atoms with E-state index < -0.39 is 0 Å². The second-order valence-corrected chi connectivity index (χ2v) is 6.40. The van der Waals surface area contributed by atoms with Gasteiger partial charge in [-0.25, -0.2) is 4.39 Å². The van der Waals surface area contributed by atoms with Crippen LogP contribution >= 0.6 is 11.8 Å². The Hall–Kier alpha value is -1.03. The monoisotopic (exact) mass is 278 g/mol. The molecule has 1 aromatic carbocycles. The molecule has 102 valence electrons. The normalized spacial score (nSPS) is 27.6. The highest BCUT2D eigenvalue weighted by Gasteiger charge is 2.31. The van der Waals surface area contributed by atoms with E-state index in [2.05, 4.69) is 5.32 Å². The van der Waals surface area contributed by atoms with Gasteiger partial charge in [-0.3, -0.25) is 4.99 Å². The number of halogens is 1. The molecule has 3 rings (SSSR count). The van der Waals surface area contributed by atoms with E-state index in [1.54, 1.807) is 17.8 Å². The molecular formula is C15H19FN2S. The van der Waals surface area contributed by atoms with E-state index in [1.807, 2.05) is 19.1 Å². The van der Waals surface area contributed by atoms with E-state index in [1.165, 1.54) is 25.3 Å². The lowest BCUT2D eigenvalue weighted by Crippen LogP contribution is -2.32. The van der Waals surface area contributed by atoms with Gasteiger partial charge < -0.3 is 5.32 Å². The molecule has 1 fully saturated rings. The van der Waals surface area contributed by atoms with Crippen molar-refractivity contribution in [3.63, 3.8) is 0 Å². The Kier molecular flexibility index (Phi) is 3.78. The summed E-state index contributed by atoms with van der Waals surface area (Å²) >= 11 is 1.78. The smallest absolute Gasteiger partial charge is 0.157 e. The van der Waals surface area contributed by atoms with Gasteiger partial charge in [0.1, 0.15) is 5.82 Å². The highest BCUT2D eigenvalue weighted by Crippen LogP contribution is 2.35. The van der Waals surface area contributed by atoms with Crippen molar-refractivity contribution in [2.45, 2.75) is 38.3 Å². The Morgan fingerprint density at radius 3 is 3.05 bits per heavy atom. The van der Waals surface area contributed by atoms with Crippen LogP contribution in [-0.4, -0.2) is 17.0 Å². The molecular weight excluding hydrogens is 259 g/mol. The predicted molar refractivity (Wildman–Crippen MR) is 79.0 cm³/mol. The van der Waals surface area contributed by atoms with Crippen LogP contribution in [0.5, 0.6) is 0 Å². The van der Waals surface area contributed by atoms with E-state index >= 15 is 0 Å². The SMILES string of the molecule is CC(NC1=NC2CCCC2CS1)c1ccccc1F. The number of benzene rings is 1. The van der Waals surface area contributed by atoms with Gasteiger partial charge in [-0.2, -0.15) is 0 Å². The van der Waals surface area contributed by atoms with Gasteiger partial charge in [-0.15, -0.1) is 0 Å². The van der Waals surface area contributed by atoms with Crippen molar-refractivity contribution in [3.05, 3.63) is 35.6 Å². The molecule has 0 spiro atoms. The molecule has 3 atom stereocenters. The summed E-state index contributed by atoms with van der Waals surface area (Å²) in [4.78, 5) is 4.79. The van der Waals surface area contributed by atoms with Gasteiger partial charge in [0.05, 0.1) is 12.1 Å². The zero-order chi connectivity index (χ0) is 13.2. The van der Waals surface area contributed by atoms with Gasteiger partial charge in [0, 0.05) is 11.3 Å². The topological polar surface area (TPSA) is 24.4 Å². The standard InChI is InChI=1S/C15H19FN2S/c1-10(12-6-2-3-7-13(12)16)17-15-18-14-8-4-5-11(14)9-19-15/h2-3,6-7,10-11,14H,4-5,8-9H2,1H3,(H,17,18). The molecule has 4 heteroatoms. The van der Waals surface area contributed by atoms with Crippen LogP contribution in [0.4, 0.5) is 4.39 Å². The summed E-state index contributed by atoms with van der Waals surface area (Å²) in [6.07, 6.45) is 3.83. The maximum atomic E-state index is 13.7. The molecule has 1 heterocycles. The minimum Gasteiger partial charge on any atom is -0.358 e. The van der Waals surface area contributed by atoms with Crippen LogP contribution in [0.2, 0.25) is 0 Å². The van der Waals surface area contributed by atoms with Crippen molar-refractivity contribution in [2.75, 3.05) is 5.75 Å². The predicted octanol–water partition coefficient (Wildman–Crippen LogP) is 3.75. The van der Waals surface area contributed by atoms with Crippen molar-refractivity contribution in [2.24, 2.45) is 10.9 Å². The fourth-order valence-electron chi connectivity index (χ4n) is 2.92. The van der Waals surface area contributed by atoms with E-state index in [0.29, 0.717) is 11.6 Å². The summed E-state index contributed by atoms with van der Waals surface area (Å²) in [6, 6.07) is 7.40. The van der Waals surface area contributed by atoms with Crippen molar-refractivity contribution in [1.29, 1.82) is 0 Å². The van der Waals surface area contributed by atoms with E-state index in [9.17, 15) is 4.39 Å². The van der Waals surface area contributed by atoms with E-state index in [4.69, 9.17) is 4.99 Å². The summed E-state index contributed by atoms with van der Waals surface area (Å²) in [5.74, 6) is 1.77. The number of nitrogens with one attached hydrogen (secondary N) is 1. The Balaban J connectivity index is 1.70. The van der Waals surface area contributed by atoms with Crippen LogP contribution < -0.4 is 5.32 Å². The lowest BCUT2D eigenvalue weighted by atomic mass is 10.1. The fraction of sp³-hybridized carbons (Fsp3) is 0.533. The van der Waals surface area contributed by atoms with Crippen LogP contribution in [0.3, 0.4) is 0 Å². The highest BCUT2D eigenvalue weighted by atomic mass is 32.2. The number of hydrogen-bond donors (Lipinski definition) is 1. The first-order valence-electron chi connectivity index (χ1n) is 6.95. The maximum absolute atomic E-state index is 13.7. The molecule has 1 aromatic rings. The van der Waals surface area contributed by atoms with Gasteiger partial charge in [0.15, 0.2) is 5.17 Å². The molecule has 2 aliphatic rings. The third-order valence-electron chi connectivity index (χ3n) is 4.05. The van der Waals surface area contributed by atoms with Gasteiger partial charge >= 0.3 is 0 Å². The van der Waals surface area contributed by atoms with Crippen molar-refractivity contribution in [3.8, 4) is 0 Å². The zero-order valence-electron chi connectivity index (χ0n) is 11.1. The summed E-state index contributed by atoms with van der Waals surface area (Å²) in [5.41, 5.74) is 0.708.